The fourth-order valence-electron chi connectivity index (χ4n) is 2.20. The molecular weight excluding hydrogens is 352 g/mol. The third kappa shape index (κ3) is 4.80. The quantitative estimate of drug-likeness (QED) is 0.643. The normalized spacial score (nSPS) is 10.5. The molecule has 3 rings (SSSR count). The third-order valence-electron chi connectivity index (χ3n) is 3.57. The van der Waals surface area contributed by atoms with Crippen molar-refractivity contribution >= 4 is 34.8 Å². The molecule has 3 aromatic rings. The van der Waals surface area contributed by atoms with Crippen LogP contribution in [0.1, 0.15) is 16.0 Å². The molecule has 2 aromatic heterocycles. The van der Waals surface area contributed by atoms with Crippen LogP contribution in [-0.4, -0.2) is 16.0 Å². The van der Waals surface area contributed by atoms with Crippen LogP contribution in [0.3, 0.4) is 0 Å². The summed E-state index contributed by atoms with van der Waals surface area (Å²) in [6.45, 7) is 4.55. The van der Waals surface area contributed by atoms with Crippen molar-refractivity contribution < 1.29 is 4.79 Å². The molecule has 0 saturated heterocycles. The van der Waals surface area contributed by atoms with Crippen LogP contribution in [0.5, 0.6) is 0 Å². The van der Waals surface area contributed by atoms with Crippen molar-refractivity contribution in [3.63, 3.8) is 0 Å². The molecule has 7 heteroatoms. The number of hydrogen-bond donors (Lipinski definition) is 2. The molecule has 0 spiro atoms. The maximum atomic E-state index is 12.1. The highest BCUT2D eigenvalue weighted by molar-refractivity contribution is 7.99. The molecule has 0 unspecified atom stereocenters. The van der Waals surface area contributed by atoms with Gasteiger partial charge in [0.25, 0.3) is 0 Å². The lowest BCUT2D eigenvalue weighted by atomic mass is 10.2. The van der Waals surface area contributed by atoms with E-state index in [-0.39, 0.29) is 6.03 Å². The number of carbonyl (C=O) groups excluding carboxylic acids is 1. The van der Waals surface area contributed by atoms with Gasteiger partial charge in [-0.25, -0.2) is 14.8 Å². The lowest BCUT2D eigenvalue weighted by Crippen LogP contribution is -2.28. The first-order valence-corrected chi connectivity index (χ1v) is 9.45. The molecule has 25 heavy (non-hydrogen) atoms. The molecule has 128 valence electrons. The average Bonchev–Trinajstić information content (AvgIpc) is 3.01. The Labute approximate surface area is 154 Å². The number of amides is 2. The Bertz CT molecular complexity index is 865. The van der Waals surface area contributed by atoms with E-state index in [4.69, 9.17) is 0 Å². The van der Waals surface area contributed by atoms with Crippen molar-refractivity contribution in [2.75, 3.05) is 5.32 Å². The van der Waals surface area contributed by atoms with E-state index < -0.39 is 0 Å². The van der Waals surface area contributed by atoms with E-state index in [1.807, 2.05) is 37.4 Å². The Morgan fingerprint density at radius 2 is 1.96 bits per heavy atom. The summed E-state index contributed by atoms with van der Waals surface area (Å²) in [5.41, 5.74) is 2.98. The highest BCUT2D eigenvalue weighted by atomic mass is 32.2. The number of aryl methyl sites for hydroxylation is 2. The van der Waals surface area contributed by atoms with E-state index in [0.717, 1.165) is 16.1 Å². The third-order valence-corrected chi connectivity index (χ3v) is 5.48. The van der Waals surface area contributed by atoms with Gasteiger partial charge in [-0.2, -0.15) is 0 Å². The number of anilines is 1. The molecule has 0 saturated carbocycles. The number of hydrogen-bond acceptors (Lipinski definition) is 5. The Kier molecular flexibility index (Phi) is 5.67. The number of nitrogens with zero attached hydrogens (tertiary/aromatic N) is 2. The molecule has 0 atom stereocenters. The Hall–Kier alpha value is -2.38. The molecule has 0 aliphatic heterocycles. The summed E-state index contributed by atoms with van der Waals surface area (Å²) in [6, 6.07) is 9.50. The van der Waals surface area contributed by atoms with Gasteiger partial charge in [-0.1, -0.05) is 0 Å². The minimum Gasteiger partial charge on any atom is -0.333 e. The number of carbonyl (C=O) groups is 1. The molecular formula is C18H18N4OS2. The Morgan fingerprint density at radius 1 is 1.16 bits per heavy atom. The van der Waals surface area contributed by atoms with Crippen LogP contribution in [0, 0.1) is 13.8 Å². The van der Waals surface area contributed by atoms with E-state index in [2.05, 4.69) is 26.7 Å². The molecule has 2 heterocycles. The standard InChI is InChI=1S/C18H18N4OS2/c1-12-6-9-24-16(12)11-21-17(23)22-15-5-4-14(10-13(15)2)25-18-19-7-3-8-20-18/h3-10H,11H2,1-2H3,(H2,21,22,23). The van der Waals surface area contributed by atoms with Crippen molar-refractivity contribution in [1.82, 2.24) is 15.3 Å². The van der Waals surface area contributed by atoms with Gasteiger partial charge in [-0.15, -0.1) is 11.3 Å². The summed E-state index contributed by atoms with van der Waals surface area (Å²) >= 11 is 3.14. The maximum Gasteiger partial charge on any atom is 0.319 e. The second kappa shape index (κ2) is 8.13. The Balaban J connectivity index is 1.59. The fourth-order valence-corrected chi connectivity index (χ4v) is 3.85. The first kappa shape index (κ1) is 17.4. The van der Waals surface area contributed by atoms with Gasteiger partial charge in [-0.3, -0.25) is 0 Å². The lowest BCUT2D eigenvalue weighted by Gasteiger charge is -2.11. The van der Waals surface area contributed by atoms with E-state index in [1.54, 1.807) is 29.8 Å². The van der Waals surface area contributed by atoms with Crippen molar-refractivity contribution in [2.24, 2.45) is 0 Å². The van der Waals surface area contributed by atoms with Crippen molar-refractivity contribution in [2.45, 2.75) is 30.4 Å². The van der Waals surface area contributed by atoms with Crippen LogP contribution >= 0.6 is 23.1 Å². The zero-order valence-corrected chi connectivity index (χ0v) is 15.6. The monoisotopic (exact) mass is 370 g/mol. The summed E-state index contributed by atoms with van der Waals surface area (Å²) < 4.78 is 0. The highest BCUT2D eigenvalue weighted by Gasteiger charge is 2.08. The second-order valence-electron chi connectivity index (χ2n) is 5.44. The van der Waals surface area contributed by atoms with Crippen LogP contribution in [0.25, 0.3) is 0 Å². The molecule has 2 N–H and O–H groups in total. The van der Waals surface area contributed by atoms with Crippen molar-refractivity contribution in [3.8, 4) is 0 Å². The second-order valence-corrected chi connectivity index (χ2v) is 7.49. The largest absolute Gasteiger partial charge is 0.333 e. The summed E-state index contributed by atoms with van der Waals surface area (Å²) in [5, 5.41) is 8.52. The van der Waals surface area contributed by atoms with Gasteiger partial charge in [-0.05, 0) is 72.4 Å². The van der Waals surface area contributed by atoms with Crippen LogP contribution in [0.4, 0.5) is 10.5 Å². The molecule has 1 aromatic carbocycles. The summed E-state index contributed by atoms with van der Waals surface area (Å²) in [7, 11) is 0. The predicted octanol–water partition coefficient (Wildman–Crippen LogP) is 4.63. The number of thiophene rings is 1. The zero-order chi connectivity index (χ0) is 17.6. The van der Waals surface area contributed by atoms with Gasteiger partial charge < -0.3 is 10.6 Å². The van der Waals surface area contributed by atoms with Gasteiger partial charge in [0.05, 0.1) is 6.54 Å². The number of aromatic nitrogens is 2. The molecule has 0 radical (unpaired) electrons. The number of urea groups is 1. The van der Waals surface area contributed by atoms with Gasteiger partial charge in [0.2, 0.25) is 0 Å². The molecule has 0 fully saturated rings. The predicted molar refractivity (Wildman–Crippen MR) is 102 cm³/mol. The lowest BCUT2D eigenvalue weighted by molar-refractivity contribution is 0.252. The zero-order valence-electron chi connectivity index (χ0n) is 13.9. The number of nitrogens with one attached hydrogen (secondary N) is 2. The fraction of sp³-hybridized carbons (Fsp3) is 0.167. The Morgan fingerprint density at radius 3 is 2.64 bits per heavy atom. The van der Waals surface area contributed by atoms with Gasteiger partial charge in [0, 0.05) is 27.9 Å². The van der Waals surface area contributed by atoms with E-state index in [9.17, 15) is 4.79 Å². The van der Waals surface area contributed by atoms with Crippen LogP contribution in [-0.2, 0) is 6.54 Å². The van der Waals surface area contributed by atoms with E-state index in [0.29, 0.717) is 11.7 Å². The van der Waals surface area contributed by atoms with E-state index >= 15 is 0 Å². The van der Waals surface area contributed by atoms with Crippen LogP contribution in [0.15, 0.2) is 58.2 Å². The molecule has 2 amide bonds. The van der Waals surface area contributed by atoms with Crippen LogP contribution < -0.4 is 10.6 Å². The summed E-state index contributed by atoms with van der Waals surface area (Å²) in [6.07, 6.45) is 3.44. The smallest absolute Gasteiger partial charge is 0.319 e. The molecule has 0 aliphatic carbocycles. The summed E-state index contributed by atoms with van der Waals surface area (Å²) in [4.78, 5) is 22.7. The van der Waals surface area contributed by atoms with Gasteiger partial charge in [0.1, 0.15) is 0 Å². The van der Waals surface area contributed by atoms with Crippen molar-refractivity contribution in [3.05, 3.63) is 64.1 Å². The number of benzene rings is 1. The minimum absolute atomic E-state index is 0.206. The highest BCUT2D eigenvalue weighted by Crippen LogP contribution is 2.27. The SMILES string of the molecule is Cc1cc(Sc2ncccn2)ccc1NC(=O)NCc1sccc1C. The van der Waals surface area contributed by atoms with Gasteiger partial charge >= 0.3 is 6.03 Å². The molecule has 5 nitrogen and oxygen atoms in total. The summed E-state index contributed by atoms with van der Waals surface area (Å²) in [5.74, 6) is 0. The minimum atomic E-state index is -0.206. The first-order valence-electron chi connectivity index (χ1n) is 7.75. The maximum absolute atomic E-state index is 12.1. The van der Waals surface area contributed by atoms with E-state index in [1.165, 1.54) is 22.2 Å². The van der Waals surface area contributed by atoms with Crippen LogP contribution in [0.2, 0.25) is 0 Å². The topological polar surface area (TPSA) is 66.9 Å². The van der Waals surface area contributed by atoms with Gasteiger partial charge in [0.15, 0.2) is 5.16 Å². The average molecular weight is 371 g/mol. The first-order chi connectivity index (χ1) is 12.1. The molecule has 0 bridgehead atoms. The van der Waals surface area contributed by atoms with Crippen molar-refractivity contribution in [1.29, 1.82) is 0 Å². The molecule has 0 aliphatic rings. The number of rotatable bonds is 5.